The fourth-order valence-electron chi connectivity index (χ4n) is 1.34. The standard InChI is InChI=1S/C10H13NO2/c1-7-2-3-10(13-7)6-11-8-4-9(12)5-8/h2-4,9,11-12H,5-6H2,1H3/t9-/m0/s1. The molecule has 0 fully saturated rings. The molecule has 13 heavy (non-hydrogen) atoms. The average molecular weight is 179 g/mol. The summed E-state index contributed by atoms with van der Waals surface area (Å²) in [6, 6.07) is 3.90. The number of aryl methyl sites for hydroxylation is 1. The summed E-state index contributed by atoms with van der Waals surface area (Å²) >= 11 is 0. The third-order valence-corrected chi connectivity index (χ3v) is 2.11. The van der Waals surface area contributed by atoms with E-state index in [0.29, 0.717) is 6.54 Å². The summed E-state index contributed by atoms with van der Waals surface area (Å²) in [5.41, 5.74) is 1.10. The lowest BCUT2D eigenvalue weighted by Crippen LogP contribution is -2.25. The zero-order valence-electron chi connectivity index (χ0n) is 7.58. The van der Waals surface area contributed by atoms with Crippen molar-refractivity contribution in [3.05, 3.63) is 35.4 Å². The Morgan fingerprint density at radius 2 is 2.38 bits per heavy atom. The van der Waals surface area contributed by atoms with Gasteiger partial charge in [0.15, 0.2) is 0 Å². The molecule has 3 heteroatoms. The molecule has 3 nitrogen and oxygen atoms in total. The summed E-state index contributed by atoms with van der Waals surface area (Å²) in [5.74, 6) is 1.86. The number of aliphatic hydroxyl groups is 1. The quantitative estimate of drug-likeness (QED) is 0.735. The van der Waals surface area contributed by atoms with Crippen molar-refractivity contribution < 1.29 is 9.52 Å². The molecule has 0 amide bonds. The highest BCUT2D eigenvalue weighted by Crippen LogP contribution is 2.16. The smallest absolute Gasteiger partial charge is 0.123 e. The Kier molecular flexibility index (Phi) is 2.10. The Hall–Kier alpha value is -1.22. The van der Waals surface area contributed by atoms with Gasteiger partial charge in [0.1, 0.15) is 11.5 Å². The van der Waals surface area contributed by atoms with Crippen LogP contribution in [0.2, 0.25) is 0 Å². The summed E-state index contributed by atoms with van der Waals surface area (Å²) < 4.78 is 5.38. The first-order valence-corrected chi connectivity index (χ1v) is 4.42. The monoisotopic (exact) mass is 179 g/mol. The lowest BCUT2D eigenvalue weighted by atomic mass is 10.0. The topological polar surface area (TPSA) is 45.4 Å². The van der Waals surface area contributed by atoms with E-state index < -0.39 is 0 Å². The van der Waals surface area contributed by atoms with Crippen LogP contribution >= 0.6 is 0 Å². The first kappa shape index (κ1) is 8.38. The maximum atomic E-state index is 8.98. The molecule has 1 heterocycles. The van der Waals surface area contributed by atoms with Crippen molar-refractivity contribution in [2.75, 3.05) is 0 Å². The molecule has 70 valence electrons. The first-order valence-electron chi connectivity index (χ1n) is 4.42. The predicted molar refractivity (Wildman–Crippen MR) is 49.0 cm³/mol. The van der Waals surface area contributed by atoms with E-state index in [1.54, 1.807) is 0 Å². The highest BCUT2D eigenvalue weighted by molar-refractivity contribution is 5.17. The van der Waals surface area contributed by atoms with E-state index in [0.717, 1.165) is 23.6 Å². The molecule has 0 aromatic carbocycles. The van der Waals surface area contributed by atoms with Gasteiger partial charge in [0.05, 0.1) is 12.6 Å². The Balaban J connectivity index is 1.83. The first-order chi connectivity index (χ1) is 6.24. The Morgan fingerprint density at radius 3 is 2.92 bits per heavy atom. The van der Waals surface area contributed by atoms with Gasteiger partial charge in [0.25, 0.3) is 0 Å². The number of furan rings is 1. The molecule has 0 saturated heterocycles. The van der Waals surface area contributed by atoms with Crippen molar-refractivity contribution in [3.8, 4) is 0 Å². The molecular weight excluding hydrogens is 166 g/mol. The van der Waals surface area contributed by atoms with Crippen LogP contribution in [-0.4, -0.2) is 11.2 Å². The zero-order chi connectivity index (χ0) is 9.26. The van der Waals surface area contributed by atoms with Crippen LogP contribution in [0, 0.1) is 6.92 Å². The van der Waals surface area contributed by atoms with Crippen molar-refractivity contribution in [1.82, 2.24) is 5.32 Å². The minimum Gasteiger partial charge on any atom is -0.465 e. The second kappa shape index (κ2) is 3.26. The number of hydrogen-bond donors (Lipinski definition) is 2. The maximum Gasteiger partial charge on any atom is 0.123 e. The molecule has 0 radical (unpaired) electrons. The third kappa shape index (κ3) is 1.92. The lowest BCUT2D eigenvalue weighted by Gasteiger charge is -2.21. The number of nitrogens with one attached hydrogen (secondary N) is 1. The second-order valence-electron chi connectivity index (χ2n) is 3.33. The Bertz CT molecular complexity index is 327. The van der Waals surface area contributed by atoms with Crippen molar-refractivity contribution in [2.45, 2.75) is 26.0 Å². The van der Waals surface area contributed by atoms with Gasteiger partial charge in [0, 0.05) is 12.1 Å². The van der Waals surface area contributed by atoms with E-state index in [1.165, 1.54) is 0 Å². The van der Waals surface area contributed by atoms with Gasteiger partial charge >= 0.3 is 0 Å². The van der Waals surface area contributed by atoms with Crippen molar-refractivity contribution in [3.63, 3.8) is 0 Å². The largest absolute Gasteiger partial charge is 0.465 e. The van der Waals surface area contributed by atoms with E-state index in [2.05, 4.69) is 5.32 Å². The normalized spacial score (nSPS) is 20.8. The molecule has 0 unspecified atom stereocenters. The van der Waals surface area contributed by atoms with E-state index in [4.69, 9.17) is 9.52 Å². The lowest BCUT2D eigenvalue weighted by molar-refractivity contribution is 0.197. The van der Waals surface area contributed by atoms with Crippen LogP contribution in [0.25, 0.3) is 0 Å². The fourth-order valence-corrected chi connectivity index (χ4v) is 1.34. The summed E-state index contributed by atoms with van der Waals surface area (Å²) in [7, 11) is 0. The molecule has 0 bridgehead atoms. The Morgan fingerprint density at radius 1 is 1.62 bits per heavy atom. The minimum absolute atomic E-state index is 0.249. The average Bonchev–Trinajstić information content (AvgIpc) is 2.43. The van der Waals surface area contributed by atoms with E-state index in [1.807, 2.05) is 25.1 Å². The van der Waals surface area contributed by atoms with Crippen LogP contribution in [0.15, 0.2) is 28.3 Å². The molecule has 1 aliphatic carbocycles. The summed E-state index contributed by atoms with van der Waals surface area (Å²) in [4.78, 5) is 0. The molecule has 1 atom stereocenters. The van der Waals surface area contributed by atoms with Gasteiger partial charge in [-0.25, -0.2) is 0 Å². The number of aliphatic hydroxyl groups excluding tert-OH is 1. The van der Waals surface area contributed by atoms with Crippen LogP contribution in [0.4, 0.5) is 0 Å². The van der Waals surface area contributed by atoms with Crippen molar-refractivity contribution >= 4 is 0 Å². The summed E-state index contributed by atoms with van der Waals surface area (Å²) in [6.45, 7) is 2.63. The highest BCUT2D eigenvalue weighted by Gasteiger charge is 2.15. The van der Waals surface area contributed by atoms with Gasteiger partial charge in [-0.15, -0.1) is 0 Å². The molecule has 1 aromatic rings. The number of rotatable bonds is 3. The van der Waals surface area contributed by atoms with Crippen LogP contribution in [0.3, 0.4) is 0 Å². The zero-order valence-corrected chi connectivity index (χ0v) is 7.58. The highest BCUT2D eigenvalue weighted by atomic mass is 16.3. The van der Waals surface area contributed by atoms with Crippen LogP contribution < -0.4 is 5.32 Å². The molecule has 1 aromatic heterocycles. The molecule has 0 aliphatic heterocycles. The molecule has 0 saturated carbocycles. The third-order valence-electron chi connectivity index (χ3n) is 2.11. The van der Waals surface area contributed by atoms with E-state index in [-0.39, 0.29) is 6.10 Å². The van der Waals surface area contributed by atoms with E-state index >= 15 is 0 Å². The molecule has 0 spiro atoms. The van der Waals surface area contributed by atoms with Crippen LogP contribution in [-0.2, 0) is 6.54 Å². The van der Waals surface area contributed by atoms with Crippen molar-refractivity contribution in [1.29, 1.82) is 0 Å². The fraction of sp³-hybridized carbons (Fsp3) is 0.400. The second-order valence-corrected chi connectivity index (χ2v) is 3.33. The van der Waals surface area contributed by atoms with Gasteiger partial charge in [0.2, 0.25) is 0 Å². The molecule has 2 N–H and O–H groups in total. The van der Waals surface area contributed by atoms with Gasteiger partial charge in [-0.05, 0) is 25.1 Å². The summed E-state index contributed by atoms with van der Waals surface area (Å²) in [6.07, 6.45) is 2.30. The van der Waals surface area contributed by atoms with E-state index in [9.17, 15) is 0 Å². The number of hydrogen-bond acceptors (Lipinski definition) is 3. The maximum absolute atomic E-state index is 8.98. The minimum atomic E-state index is -0.249. The van der Waals surface area contributed by atoms with Gasteiger partial charge in [-0.3, -0.25) is 0 Å². The molecule has 1 aliphatic rings. The van der Waals surface area contributed by atoms with Gasteiger partial charge in [-0.1, -0.05) is 0 Å². The van der Waals surface area contributed by atoms with Crippen LogP contribution in [0.5, 0.6) is 0 Å². The van der Waals surface area contributed by atoms with Crippen molar-refractivity contribution in [2.24, 2.45) is 0 Å². The Labute approximate surface area is 77.1 Å². The SMILES string of the molecule is Cc1ccc(CNC2=C[C@H](O)C2)o1. The molecular formula is C10H13NO2. The summed E-state index contributed by atoms with van der Waals surface area (Å²) in [5, 5.41) is 12.2. The molecule has 2 rings (SSSR count). The predicted octanol–water partition coefficient (Wildman–Crippen LogP) is 1.33. The van der Waals surface area contributed by atoms with Gasteiger partial charge < -0.3 is 14.8 Å². The van der Waals surface area contributed by atoms with Crippen LogP contribution in [0.1, 0.15) is 17.9 Å². The van der Waals surface area contributed by atoms with Gasteiger partial charge in [-0.2, -0.15) is 0 Å².